The topological polar surface area (TPSA) is 64.1 Å². The van der Waals surface area contributed by atoms with Gasteiger partial charge < -0.3 is 10.1 Å². The zero-order chi connectivity index (χ0) is 11.4. The van der Waals surface area contributed by atoms with Gasteiger partial charge in [-0.2, -0.15) is 0 Å². The molecule has 1 fully saturated rings. The van der Waals surface area contributed by atoms with E-state index in [4.69, 9.17) is 0 Å². The summed E-state index contributed by atoms with van der Waals surface area (Å²) >= 11 is 0. The molecule has 0 amide bonds. The van der Waals surface area contributed by atoms with Gasteiger partial charge in [0.15, 0.2) is 5.69 Å². The van der Waals surface area contributed by atoms with Crippen molar-refractivity contribution in [2.75, 3.05) is 20.2 Å². The first-order valence-electron chi connectivity index (χ1n) is 5.43. The highest BCUT2D eigenvalue weighted by atomic mass is 35.5. The number of halogens is 1. The molecule has 1 N–H and O–H groups in total. The standard InChI is InChI=1S/C11H15N3O2.ClH/c1-16-11(15)9-4-7-13-10(14-9)8-2-5-12-6-3-8;/h4,7-8,12H,2-3,5-6H2,1H3;1H. The van der Waals surface area contributed by atoms with Crippen LogP contribution in [0.1, 0.15) is 35.1 Å². The van der Waals surface area contributed by atoms with Gasteiger partial charge in [0.1, 0.15) is 5.82 Å². The number of ether oxygens (including phenoxy) is 1. The first-order chi connectivity index (χ1) is 7.81. The molecule has 1 aliphatic rings. The average Bonchev–Trinajstić information content (AvgIpc) is 2.39. The molecule has 5 nitrogen and oxygen atoms in total. The molecule has 0 atom stereocenters. The summed E-state index contributed by atoms with van der Waals surface area (Å²) < 4.78 is 4.64. The molecule has 0 aromatic carbocycles. The number of nitrogens with zero attached hydrogens (tertiary/aromatic N) is 2. The van der Waals surface area contributed by atoms with Crippen LogP contribution in [0.15, 0.2) is 12.3 Å². The number of hydrogen-bond donors (Lipinski definition) is 1. The number of piperidine rings is 1. The Morgan fingerprint density at radius 1 is 1.47 bits per heavy atom. The number of aromatic nitrogens is 2. The second-order valence-electron chi connectivity index (χ2n) is 3.82. The Morgan fingerprint density at radius 3 is 2.82 bits per heavy atom. The van der Waals surface area contributed by atoms with Crippen molar-refractivity contribution in [2.45, 2.75) is 18.8 Å². The molecular formula is C11H16ClN3O2. The van der Waals surface area contributed by atoms with E-state index in [2.05, 4.69) is 20.0 Å². The molecule has 0 spiro atoms. The predicted molar refractivity (Wildman–Crippen MR) is 65.5 cm³/mol. The van der Waals surface area contributed by atoms with E-state index in [9.17, 15) is 4.79 Å². The van der Waals surface area contributed by atoms with E-state index < -0.39 is 5.97 Å². The highest BCUT2D eigenvalue weighted by molar-refractivity contribution is 5.86. The van der Waals surface area contributed by atoms with E-state index in [1.165, 1.54) is 7.11 Å². The molecular weight excluding hydrogens is 242 g/mol. The maximum Gasteiger partial charge on any atom is 0.356 e. The predicted octanol–water partition coefficient (Wildman–Crippen LogP) is 1.15. The van der Waals surface area contributed by atoms with Crippen molar-refractivity contribution in [1.29, 1.82) is 0 Å². The van der Waals surface area contributed by atoms with E-state index in [0.29, 0.717) is 11.6 Å². The Balaban J connectivity index is 0.00000144. The lowest BCUT2D eigenvalue weighted by Gasteiger charge is -2.21. The third-order valence-electron chi connectivity index (χ3n) is 2.77. The minimum Gasteiger partial charge on any atom is -0.464 e. The number of carbonyl (C=O) groups is 1. The molecule has 17 heavy (non-hydrogen) atoms. The molecule has 0 aliphatic carbocycles. The Bertz CT molecular complexity index is 381. The van der Waals surface area contributed by atoms with Crippen LogP contribution in [-0.2, 0) is 4.74 Å². The van der Waals surface area contributed by atoms with Gasteiger partial charge >= 0.3 is 5.97 Å². The van der Waals surface area contributed by atoms with Gasteiger partial charge in [-0.15, -0.1) is 12.4 Å². The fraction of sp³-hybridized carbons (Fsp3) is 0.545. The highest BCUT2D eigenvalue weighted by Crippen LogP contribution is 2.21. The SMILES string of the molecule is COC(=O)c1ccnc(C2CCNCC2)n1.Cl. The molecule has 1 aromatic heterocycles. The third-order valence-corrected chi connectivity index (χ3v) is 2.77. The van der Waals surface area contributed by atoms with Crippen molar-refractivity contribution in [3.63, 3.8) is 0 Å². The van der Waals surface area contributed by atoms with Crippen LogP contribution in [0.4, 0.5) is 0 Å². The van der Waals surface area contributed by atoms with Crippen LogP contribution in [0.5, 0.6) is 0 Å². The summed E-state index contributed by atoms with van der Waals surface area (Å²) in [6, 6.07) is 1.58. The minimum atomic E-state index is -0.405. The molecule has 2 heterocycles. The van der Waals surface area contributed by atoms with Crippen LogP contribution in [0, 0.1) is 0 Å². The molecule has 6 heteroatoms. The smallest absolute Gasteiger partial charge is 0.356 e. The van der Waals surface area contributed by atoms with Crippen LogP contribution >= 0.6 is 12.4 Å². The summed E-state index contributed by atoms with van der Waals surface area (Å²) in [5, 5.41) is 3.29. The van der Waals surface area contributed by atoms with Crippen LogP contribution < -0.4 is 5.32 Å². The fourth-order valence-electron chi connectivity index (χ4n) is 1.87. The van der Waals surface area contributed by atoms with Crippen LogP contribution in [0.2, 0.25) is 0 Å². The van der Waals surface area contributed by atoms with E-state index in [1.807, 2.05) is 0 Å². The Kier molecular flexibility index (Phi) is 5.31. The molecule has 1 aliphatic heterocycles. The molecule has 0 radical (unpaired) electrons. The second kappa shape index (κ2) is 6.51. The van der Waals surface area contributed by atoms with Crippen molar-refractivity contribution >= 4 is 18.4 Å². The molecule has 1 saturated heterocycles. The number of esters is 1. The molecule has 94 valence electrons. The molecule has 0 saturated carbocycles. The monoisotopic (exact) mass is 257 g/mol. The number of carbonyl (C=O) groups excluding carboxylic acids is 1. The van der Waals surface area contributed by atoms with Crippen LogP contribution in [-0.4, -0.2) is 36.1 Å². The lowest BCUT2D eigenvalue weighted by molar-refractivity contribution is 0.0593. The van der Waals surface area contributed by atoms with E-state index in [0.717, 1.165) is 31.8 Å². The van der Waals surface area contributed by atoms with Crippen LogP contribution in [0.25, 0.3) is 0 Å². The van der Waals surface area contributed by atoms with Gasteiger partial charge in [-0.05, 0) is 32.0 Å². The summed E-state index contributed by atoms with van der Waals surface area (Å²) in [5.74, 6) is 0.702. The lowest BCUT2D eigenvalue weighted by atomic mass is 9.97. The maximum atomic E-state index is 11.3. The third kappa shape index (κ3) is 3.38. The zero-order valence-electron chi connectivity index (χ0n) is 9.68. The largest absolute Gasteiger partial charge is 0.464 e. The van der Waals surface area contributed by atoms with Gasteiger partial charge in [0, 0.05) is 12.1 Å². The zero-order valence-corrected chi connectivity index (χ0v) is 10.5. The number of hydrogen-bond acceptors (Lipinski definition) is 5. The van der Waals surface area contributed by atoms with Crippen molar-refractivity contribution in [1.82, 2.24) is 15.3 Å². The number of rotatable bonds is 2. The molecule has 1 aromatic rings. The Hall–Kier alpha value is -1.20. The summed E-state index contributed by atoms with van der Waals surface area (Å²) in [7, 11) is 1.36. The van der Waals surface area contributed by atoms with Crippen molar-refractivity contribution in [3.8, 4) is 0 Å². The highest BCUT2D eigenvalue weighted by Gasteiger charge is 2.19. The van der Waals surface area contributed by atoms with Crippen molar-refractivity contribution < 1.29 is 9.53 Å². The summed E-state index contributed by atoms with van der Waals surface area (Å²) in [6.07, 6.45) is 3.66. The normalized spacial score (nSPS) is 16.1. The Morgan fingerprint density at radius 2 is 2.18 bits per heavy atom. The molecule has 0 bridgehead atoms. The average molecular weight is 258 g/mol. The number of methoxy groups -OCH3 is 1. The van der Waals surface area contributed by atoms with Gasteiger partial charge in [0.2, 0.25) is 0 Å². The van der Waals surface area contributed by atoms with Crippen LogP contribution in [0.3, 0.4) is 0 Å². The van der Waals surface area contributed by atoms with E-state index in [1.54, 1.807) is 12.3 Å². The maximum absolute atomic E-state index is 11.3. The van der Waals surface area contributed by atoms with Gasteiger partial charge in [0.25, 0.3) is 0 Å². The Labute approximate surface area is 106 Å². The minimum absolute atomic E-state index is 0. The van der Waals surface area contributed by atoms with Gasteiger partial charge in [-0.1, -0.05) is 0 Å². The molecule has 0 unspecified atom stereocenters. The van der Waals surface area contributed by atoms with Gasteiger partial charge in [0.05, 0.1) is 7.11 Å². The van der Waals surface area contributed by atoms with Crippen molar-refractivity contribution in [3.05, 3.63) is 23.8 Å². The van der Waals surface area contributed by atoms with E-state index >= 15 is 0 Å². The summed E-state index contributed by atoms with van der Waals surface area (Å²) in [6.45, 7) is 1.97. The molecule has 2 rings (SSSR count). The fourth-order valence-corrected chi connectivity index (χ4v) is 1.87. The van der Waals surface area contributed by atoms with E-state index in [-0.39, 0.29) is 12.4 Å². The summed E-state index contributed by atoms with van der Waals surface area (Å²) in [5.41, 5.74) is 0.339. The van der Waals surface area contributed by atoms with Gasteiger partial charge in [-0.25, -0.2) is 14.8 Å². The van der Waals surface area contributed by atoms with Gasteiger partial charge in [-0.3, -0.25) is 0 Å². The second-order valence-corrected chi connectivity index (χ2v) is 3.82. The van der Waals surface area contributed by atoms with Crippen molar-refractivity contribution in [2.24, 2.45) is 0 Å². The lowest BCUT2D eigenvalue weighted by Crippen LogP contribution is -2.27. The quantitative estimate of drug-likeness (QED) is 0.806. The summed E-state index contributed by atoms with van der Waals surface area (Å²) in [4.78, 5) is 19.8. The first-order valence-corrected chi connectivity index (χ1v) is 5.43. The first kappa shape index (κ1) is 13.9. The number of nitrogens with one attached hydrogen (secondary N) is 1.